The smallest absolute Gasteiger partial charge is 0.266 e. The molecule has 0 bridgehead atoms. The minimum absolute atomic E-state index is 0.175. The van der Waals surface area contributed by atoms with Gasteiger partial charge in [0.2, 0.25) is 5.88 Å². The van der Waals surface area contributed by atoms with Crippen LogP contribution in [0.2, 0.25) is 0 Å². The summed E-state index contributed by atoms with van der Waals surface area (Å²) < 4.78 is 16.2. The number of methoxy groups -OCH3 is 3. The van der Waals surface area contributed by atoms with Gasteiger partial charge in [-0.05, 0) is 24.5 Å². The molecule has 3 rings (SSSR count). The van der Waals surface area contributed by atoms with E-state index in [0.717, 1.165) is 16.3 Å². The van der Waals surface area contributed by atoms with Gasteiger partial charge in [0, 0.05) is 18.5 Å². The van der Waals surface area contributed by atoms with Crippen molar-refractivity contribution >= 4 is 35.5 Å². The highest BCUT2D eigenvalue weighted by atomic mass is 32.2. The van der Waals surface area contributed by atoms with Crippen LogP contribution in [0.4, 0.5) is 0 Å². The molecule has 1 aromatic heterocycles. The lowest BCUT2D eigenvalue weighted by Gasteiger charge is -2.20. The Balaban J connectivity index is 1.98. The summed E-state index contributed by atoms with van der Waals surface area (Å²) in [7, 11) is 4.64. The molecule has 148 valence electrons. The Morgan fingerprint density at radius 2 is 1.93 bits per heavy atom. The van der Waals surface area contributed by atoms with E-state index in [-0.39, 0.29) is 5.91 Å². The van der Waals surface area contributed by atoms with Gasteiger partial charge in [-0.25, -0.2) is 4.98 Å². The number of hydrogen-bond donors (Lipinski definition) is 0. The zero-order valence-corrected chi connectivity index (χ0v) is 17.7. The van der Waals surface area contributed by atoms with E-state index in [0.29, 0.717) is 34.6 Å². The number of aromatic nitrogens is 2. The number of thioether (sulfide) groups is 2. The van der Waals surface area contributed by atoms with Gasteiger partial charge >= 0.3 is 0 Å². The Labute approximate surface area is 172 Å². The Hall–Kier alpha value is -2.39. The maximum absolute atomic E-state index is 13.3. The van der Waals surface area contributed by atoms with Gasteiger partial charge in [-0.3, -0.25) is 4.79 Å². The molecular formula is C19H21N3O4S2. The molecule has 9 heteroatoms. The van der Waals surface area contributed by atoms with E-state index in [1.54, 1.807) is 48.2 Å². The number of rotatable bonds is 6. The highest BCUT2D eigenvalue weighted by Gasteiger charge is 2.30. The molecule has 1 aliphatic heterocycles. The second kappa shape index (κ2) is 9.20. The molecule has 0 radical (unpaired) electrons. The first-order valence-corrected chi connectivity index (χ1v) is 10.7. The van der Waals surface area contributed by atoms with Crippen LogP contribution in [0.1, 0.15) is 15.9 Å². The average Bonchev–Trinajstić information content (AvgIpc) is 3.20. The third-order valence-electron chi connectivity index (χ3n) is 4.13. The number of hydrogen-bond acceptors (Lipinski definition) is 8. The molecule has 0 saturated carbocycles. The average molecular weight is 420 g/mol. The lowest BCUT2D eigenvalue weighted by molar-refractivity contribution is 0.0824. The van der Waals surface area contributed by atoms with Gasteiger partial charge in [0.1, 0.15) is 17.1 Å². The van der Waals surface area contributed by atoms with Crippen molar-refractivity contribution in [2.45, 2.75) is 5.16 Å². The number of amides is 1. The molecule has 1 fully saturated rings. The van der Waals surface area contributed by atoms with Crippen molar-refractivity contribution in [3.05, 3.63) is 40.6 Å². The molecule has 1 aliphatic rings. The van der Waals surface area contributed by atoms with Gasteiger partial charge in [-0.1, -0.05) is 17.8 Å². The fraction of sp³-hybridized carbons (Fsp3) is 0.316. The molecule has 2 aromatic rings. The summed E-state index contributed by atoms with van der Waals surface area (Å²) in [5, 5.41) is 1.43. The highest BCUT2D eigenvalue weighted by molar-refractivity contribution is 8.03. The van der Waals surface area contributed by atoms with E-state index in [9.17, 15) is 4.79 Å². The summed E-state index contributed by atoms with van der Waals surface area (Å²) in [5.41, 5.74) is 1.12. The normalized spacial score (nSPS) is 15.0. The van der Waals surface area contributed by atoms with E-state index in [1.807, 2.05) is 12.3 Å². The Morgan fingerprint density at radius 1 is 1.21 bits per heavy atom. The Bertz CT molecular complexity index is 882. The maximum atomic E-state index is 13.3. The van der Waals surface area contributed by atoms with Gasteiger partial charge in [0.15, 0.2) is 5.16 Å². The summed E-state index contributed by atoms with van der Waals surface area (Å²) in [6.45, 7) is 0.586. The predicted molar refractivity (Wildman–Crippen MR) is 111 cm³/mol. The molecule has 0 atom stereocenters. The van der Waals surface area contributed by atoms with Crippen LogP contribution in [-0.4, -0.2) is 60.7 Å². The molecule has 1 aromatic carbocycles. The van der Waals surface area contributed by atoms with Gasteiger partial charge in [0.05, 0.1) is 31.9 Å². The second-order valence-corrected chi connectivity index (χ2v) is 7.54. The highest BCUT2D eigenvalue weighted by Crippen LogP contribution is 2.36. The van der Waals surface area contributed by atoms with Gasteiger partial charge in [-0.2, -0.15) is 4.98 Å². The van der Waals surface area contributed by atoms with E-state index >= 15 is 0 Å². The molecule has 1 saturated heterocycles. The first-order chi connectivity index (χ1) is 13.6. The zero-order valence-electron chi connectivity index (χ0n) is 16.1. The summed E-state index contributed by atoms with van der Waals surface area (Å²) >= 11 is 3.03. The van der Waals surface area contributed by atoms with Gasteiger partial charge in [0.25, 0.3) is 5.91 Å². The maximum Gasteiger partial charge on any atom is 0.266 e. The lowest BCUT2D eigenvalue weighted by atomic mass is 10.1. The van der Waals surface area contributed by atoms with Crippen molar-refractivity contribution in [3.8, 4) is 17.4 Å². The second-order valence-electron chi connectivity index (χ2n) is 5.65. The predicted octanol–water partition coefficient (Wildman–Crippen LogP) is 3.41. The van der Waals surface area contributed by atoms with Crippen molar-refractivity contribution in [3.63, 3.8) is 0 Å². The fourth-order valence-electron chi connectivity index (χ4n) is 2.80. The topological polar surface area (TPSA) is 73.8 Å². The minimum atomic E-state index is -0.175. The SMILES string of the molecule is COc1cccc(OC)c1C(=O)N1CCS/C1=C/c1cnc(SC)nc1OC. The third-order valence-corrected chi connectivity index (χ3v) is 5.71. The van der Waals surface area contributed by atoms with E-state index in [1.165, 1.54) is 26.0 Å². The zero-order chi connectivity index (χ0) is 20.1. The van der Waals surface area contributed by atoms with Crippen molar-refractivity contribution in [2.24, 2.45) is 0 Å². The Kier molecular flexibility index (Phi) is 6.69. The summed E-state index contributed by atoms with van der Waals surface area (Å²) in [6.07, 6.45) is 5.48. The van der Waals surface area contributed by atoms with E-state index in [2.05, 4.69) is 9.97 Å². The first kappa shape index (κ1) is 20.3. The lowest BCUT2D eigenvalue weighted by Crippen LogP contribution is -2.27. The molecule has 28 heavy (non-hydrogen) atoms. The molecule has 0 aliphatic carbocycles. The molecule has 2 heterocycles. The van der Waals surface area contributed by atoms with Crippen molar-refractivity contribution in [2.75, 3.05) is 39.9 Å². The standard InChI is InChI=1S/C19H21N3O4S2/c1-24-13-6-5-7-14(25-2)16(13)18(23)22-8-9-28-15(22)10-12-11-20-19(27-4)21-17(12)26-3/h5-7,10-11H,8-9H2,1-4H3/b15-10+. The number of nitrogens with zero attached hydrogens (tertiary/aromatic N) is 3. The van der Waals surface area contributed by atoms with Crippen LogP contribution in [-0.2, 0) is 0 Å². The van der Waals surface area contributed by atoms with Crippen LogP contribution in [0.15, 0.2) is 34.6 Å². The largest absolute Gasteiger partial charge is 0.496 e. The van der Waals surface area contributed by atoms with E-state index in [4.69, 9.17) is 14.2 Å². The van der Waals surface area contributed by atoms with Crippen LogP contribution in [0, 0.1) is 0 Å². The van der Waals surface area contributed by atoms with Gasteiger partial charge in [-0.15, -0.1) is 11.8 Å². The number of carbonyl (C=O) groups is 1. The Morgan fingerprint density at radius 3 is 2.54 bits per heavy atom. The number of ether oxygens (including phenoxy) is 3. The molecule has 0 spiro atoms. The van der Waals surface area contributed by atoms with E-state index < -0.39 is 0 Å². The quantitative estimate of drug-likeness (QED) is 0.521. The third kappa shape index (κ3) is 4.05. The summed E-state index contributed by atoms with van der Waals surface area (Å²) in [4.78, 5) is 23.7. The monoisotopic (exact) mass is 419 g/mol. The van der Waals surface area contributed by atoms with Crippen LogP contribution in [0.25, 0.3) is 6.08 Å². The van der Waals surface area contributed by atoms with Gasteiger partial charge < -0.3 is 19.1 Å². The van der Waals surface area contributed by atoms with Crippen LogP contribution < -0.4 is 14.2 Å². The molecule has 0 N–H and O–H groups in total. The van der Waals surface area contributed by atoms with Crippen molar-refractivity contribution in [1.29, 1.82) is 0 Å². The molecule has 0 unspecified atom stereocenters. The van der Waals surface area contributed by atoms with Crippen molar-refractivity contribution in [1.82, 2.24) is 14.9 Å². The van der Waals surface area contributed by atoms with Crippen molar-refractivity contribution < 1.29 is 19.0 Å². The van der Waals surface area contributed by atoms with Crippen LogP contribution >= 0.6 is 23.5 Å². The number of carbonyl (C=O) groups excluding carboxylic acids is 1. The minimum Gasteiger partial charge on any atom is -0.496 e. The van der Waals surface area contributed by atoms with Crippen LogP contribution in [0.5, 0.6) is 17.4 Å². The fourth-order valence-corrected chi connectivity index (χ4v) is 4.16. The molecular weight excluding hydrogens is 398 g/mol. The molecule has 1 amide bonds. The summed E-state index contributed by atoms with van der Waals surface area (Å²) in [5.74, 6) is 2.05. The first-order valence-electron chi connectivity index (χ1n) is 8.45. The number of benzene rings is 1. The summed E-state index contributed by atoms with van der Waals surface area (Å²) in [6, 6.07) is 5.29. The molecule has 7 nitrogen and oxygen atoms in total. The van der Waals surface area contributed by atoms with Crippen LogP contribution in [0.3, 0.4) is 0 Å².